The number of methoxy groups -OCH3 is 1. The van der Waals surface area contributed by atoms with Crippen molar-refractivity contribution in [2.24, 2.45) is 5.92 Å². The van der Waals surface area contributed by atoms with E-state index in [9.17, 15) is 0 Å². The van der Waals surface area contributed by atoms with E-state index >= 15 is 0 Å². The van der Waals surface area contributed by atoms with Gasteiger partial charge in [0.2, 0.25) is 0 Å². The van der Waals surface area contributed by atoms with Crippen LogP contribution in [0.5, 0.6) is 5.75 Å². The summed E-state index contributed by atoms with van der Waals surface area (Å²) in [5.41, 5.74) is 2.05. The van der Waals surface area contributed by atoms with Gasteiger partial charge in [0.15, 0.2) is 0 Å². The van der Waals surface area contributed by atoms with Gasteiger partial charge in [0.25, 0.3) is 0 Å². The fourth-order valence-electron chi connectivity index (χ4n) is 2.63. The van der Waals surface area contributed by atoms with Crippen LogP contribution in [0.15, 0.2) is 18.2 Å². The molecule has 0 saturated carbocycles. The second-order valence-electron chi connectivity index (χ2n) is 4.83. The lowest BCUT2D eigenvalue weighted by Crippen LogP contribution is -2.12. The van der Waals surface area contributed by atoms with Gasteiger partial charge in [-0.2, -0.15) is 11.8 Å². The van der Waals surface area contributed by atoms with Crippen molar-refractivity contribution in [2.75, 3.05) is 18.6 Å². The third-order valence-corrected chi connectivity index (χ3v) is 5.10. The molecule has 1 aliphatic rings. The molecule has 2 aromatic rings. The molecule has 1 aliphatic heterocycles. The van der Waals surface area contributed by atoms with Gasteiger partial charge in [-0.1, -0.05) is 6.07 Å². The van der Waals surface area contributed by atoms with Crippen LogP contribution >= 0.6 is 23.4 Å². The molecule has 1 fully saturated rings. The first-order valence-corrected chi connectivity index (χ1v) is 8.18. The summed E-state index contributed by atoms with van der Waals surface area (Å²) in [6, 6.07) is 6.06. The molecule has 1 atom stereocenters. The van der Waals surface area contributed by atoms with Gasteiger partial charge in [-0.15, -0.1) is 11.6 Å². The van der Waals surface area contributed by atoms with Crippen molar-refractivity contribution in [1.29, 1.82) is 0 Å². The summed E-state index contributed by atoms with van der Waals surface area (Å²) in [5, 5.41) is 0. The van der Waals surface area contributed by atoms with Crippen LogP contribution in [0.1, 0.15) is 12.2 Å². The molecule has 1 aromatic carbocycles. The lowest BCUT2D eigenvalue weighted by molar-refractivity contribution is 0.419. The van der Waals surface area contributed by atoms with E-state index in [1.807, 2.05) is 23.9 Å². The van der Waals surface area contributed by atoms with Gasteiger partial charge in [-0.3, -0.25) is 0 Å². The van der Waals surface area contributed by atoms with Crippen LogP contribution in [-0.4, -0.2) is 28.2 Å². The summed E-state index contributed by atoms with van der Waals surface area (Å²) in [6.45, 7) is 1.01. The Kier molecular flexibility index (Phi) is 3.89. The van der Waals surface area contributed by atoms with Crippen molar-refractivity contribution in [3.63, 3.8) is 0 Å². The Bertz CT molecular complexity index is 578. The highest BCUT2D eigenvalue weighted by atomic mass is 35.5. The zero-order chi connectivity index (χ0) is 13.2. The number of alkyl halides is 1. The quantitative estimate of drug-likeness (QED) is 0.808. The molecule has 2 heterocycles. The highest BCUT2D eigenvalue weighted by molar-refractivity contribution is 7.99. The number of thioether (sulfide) groups is 1. The molecule has 0 radical (unpaired) electrons. The summed E-state index contributed by atoms with van der Waals surface area (Å²) < 4.78 is 7.65. The van der Waals surface area contributed by atoms with Crippen molar-refractivity contribution in [3.05, 3.63) is 24.0 Å². The molecular formula is C14H17ClN2OS. The summed E-state index contributed by atoms with van der Waals surface area (Å²) >= 11 is 8.09. The van der Waals surface area contributed by atoms with Crippen molar-refractivity contribution in [3.8, 4) is 5.75 Å². The molecule has 102 valence electrons. The molecular weight excluding hydrogens is 280 g/mol. The maximum atomic E-state index is 6.06. The first-order chi connectivity index (χ1) is 9.33. The largest absolute Gasteiger partial charge is 0.494 e. The predicted molar refractivity (Wildman–Crippen MR) is 81.3 cm³/mol. The molecule has 19 heavy (non-hydrogen) atoms. The van der Waals surface area contributed by atoms with Gasteiger partial charge < -0.3 is 9.30 Å². The minimum Gasteiger partial charge on any atom is -0.494 e. The second-order valence-corrected chi connectivity index (χ2v) is 6.25. The monoisotopic (exact) mass is 296 g/mol. The van der Waals surface area contributed by atoms with Crippen molar-refractivity contribution < 1.29 is 4.74 Å². The zero-order valence-electron chi connectivity index (χ0n) is 10.9. The molecule has 3 rings (SSSR count). The Hall–Kier alpha value is -0.870. The number of rotatable bonds is 4. The van der Waals surface area contributed by atoms with Crippen LogP contribution in [0.3, 0.4) is 0 Å². The molecule has 0 amide bonds. The summed E-state index contributed by atoms with van der Waals surface area (Å²) in [4.78, 5) is 4.64. The topological polar surface area (TPSA) is 27.1 Å². The van der Waals surface area contributed by atoms with E-state index in [0.29, 0.717) is 5.88 Å². The minimum atomic E-state index is 0.442. The maximum absolute atomic E-state index is 6.06. The molecule has 1 unspecified atom stereocenters. The Balaban J connectivity index is 2.05. The van der Waals surface area contributed by atoms with E-state index < -0.39 is 0 Å². The van der Waals surface area contributed by atoms with Gasteiger partial charge in [0.05, 0.1) is 18.5 Å². The molecule has 3 nitrogen and oxygen atoms in total. The van der Waals surface area contributed by atoms with Crippen LogP contribution in [0, 0.1) is 5.92 Å². The number of benzene rings is 1. The number of ether oxygens (including phenoxy) is 1. The van der Waals surface area contributed by atoms with Gasteiger partial charge in [0, 0.05) is 6.54 Å². The standard InChI is InChI=1S/C14H17ClN2OS/c1-18-12-4-2-3-11-14(12)16-13(7-15)17(11)8-10-5-6-19-9-10/h2-4,10H,5-9H2,1H3. The minimum absolute atomic E-state index is 0.442. The predicted octanol–water partition coefficient (Wildman–Crippen LogP) is 3.54. The van der Waals surface area contributed by atoms with Gasteiger partial charge in [0.1, 0.15) is 17.1 Å². The number of halogens is 1. The number of para-hydroxylation sites is 1. The van der Waals surface area contributed by atoms with E-state index in [-0.39, 0.29) is 0 Å². The van der Waals surface area contributed by atoms with E-state index in [4.69, 9.17) is 16.3 Å². The molecule has 0 bridgehead atoms. The van der Waals surface area contributed by atoms with E-state index in [0.717, 1.165) is 35.1 Å². The van der Waals surface area contributed by atoms with Crippen molar-refractivity contribution in [2.45, 2.75) is 18.8 Å². The van der Waals surface area contributed by atoms with Crippen molar-refractivity contribution in [1.82, 2.24) is 9.55 Å². The highest BCUT2D eigenvalue weighted by Crippen LogP contribution is 2.30. The van der Waals surface area contributed by atoms with Crippen LogP contribution in [0.2, 0.25) is 0 Å². The van der Waals surface area contributed by atoms with Gasteiger partial charge in [-0.25, -0.2) is 4.98 Å². The number of hydrogen-bond acceptors (Lipinski definition) is 3. The van der Waals surface area contributed by atoms with Crippen LogP contribution in [0.4, 0.5) is 0 Å². The third-order valence-electron chi connectivity index (χ3n) is 3.63. The summed E-state index contributed by atoms with van der Waals surface area (Å²) in [5.74, 6) is 5.46. The average Bonchev–Trinajstić information content (AvgIpc) is 3.07. The molecule has 0 spiro atoms. The number of aromatic nitrogens is 2. The average molecular weight is 297 g/mol. The number of imidazole rings is 1. The summed E-state index contributed by atoms with van der Waals surface area (Å²) in [7, 11) is 1.68. The molecule has 1 saturated heterocycles. The third kappa shape index (κ3) is 2.43. The number of hydrogen-bond donors (Lipinski definition) is 0. The SMILES string of the molecule is COc1cccc2c1nc(CCl)n2CC1CCSC1. The molecule has 5 heteroatoms. The lowest BCUT2D eigenvalue weighted by Gasteiger charge is -2.12. The fraction of sp³-hybridized carbons (Fsp3) is 0.500. The zero-order valence-corrected chi connectivity index (χ0v) is 12.5. The van der Waals surface area contributed by atoms with Crippen molar-refractivity contribution >= 4 is 34.4 Å². The van der Waals surface area contributed by atoms with E-state index in [1.54, 1.807) is 7.11 Å². The lowest BCUT2D eigenvalue weighted by atomic mass is 10.1. The normalized spacial score (nSPS) is 19.2. The smallest absolute Gasteiger partial charge is 0.146 e. The Morgan fingerprint density at radius 2 is 2.42 bits per heavy atom. The molecule has 0 aliphatic carbocycles. The molecule has 0 N–H and O–H groups in total. The Labute approximate surface area is 122 Å². The number of fused-ring (bicyclic) bond motifs is 1. The maximum Gasteiger partial charge on any atom is 0.146 e. The van der Waals surface area contributed by atoms with E-state index in [1.165, 1.54) is 17.9 Å². The van der Waals surface area contributed by atoms with Crippen LogP contribution in [-0.2, 0) is 12.4 Å². The second kappa shape index (κ2) is 5.63. The first kappa shape index (κ1) is 13.1. The first-order valence-electron chi connectivity index (χ1n) is 6.49. The summed E-state index contributed by atoms with van der Waals surface area (Å²) in [6.07, 6.45) is 1.29. The van der Waals surface area contributed by atoms with E-state index in [2.05, 4.69) is 15.6 Å². The van der Waals surface area contributed by atoms with Crippen LogP contribution in [0.25, 0.3) is 11.0 Å². The van der Waals surface area contributed by atoms with Gasteiger partial charge >= 0.3 is 0 Å². The Morgan fingerprint density at radius 1 is 1.53 bits per heavy atom. The fourth-order valence-corrected chi connectivity index (χ4v) is 4.10. The molecule has 1 aromatic heterocycles. The highest BCUT2D eigenvalue weighted by Gasteiger charge is 2.20. The Morgan fingerprint density at radius 3 is 3.11 bits per heavy atom. The van der Waals surface area contributed by atoms with Crippen LogP contribution < -0.4 is 4.74 Å². The van der Waals surface area contributed by atoms with Gasteiger partial charge in [-0.05, 0) is 36.0 Å². The number of nitrogens with zero attached hydrogens (tertiary/aromatic N) is 2.